The van der Waals surface area contributed by atoms with Crippen LogP contribution in [0.15, 0.2) is 158 Å². The Bertz CT molecular complexity index is 2640. The van der Waals surface area contributed by atoms with Crippen molar-refractivity contribution in [1.82, 2.24) is 19.3 Å². The van der Waals surface area contributed by atoms with Crippen molar-refractivity contribution in [2.75, 3.05) is 0 Å². The molecule has 9 aromatic rings. The summed E-state index contributed by atoms with van der Waals surface area (Å²) in [6, 6.07) is 52.6. The van der Waals surface area contributed by atoms with Gasteiger partial charge in [0.2, 0.25) is 0 Å². The van der Waals surface area contributed by atoms with E-state index in [1.165, 1.54) is 23.9 Å². The van der Waals surface area contributed by atoms with Gasteiger partial charge < -0.3 is 9.30 Å². The summed E-state index contributed by atoms with van der Waals surface area (Å²) in [5.41, 5.74) is 10.2. The predicted molar refractivity (Wildman–Crippen MR) is 201 cm³/mol. The Morgan fingerprint density at radius 3 is 2.08 bits per heavy atom. The summed E-state index contributed by atoms with van der Waals surface area (Å²) in [5.74, 6) is 1.12. The Hall–Kier alpha value is -6.10. The number of hydrogen-bond acceptors (Lipinski definition) is 3. The third-order valence-corrected chi connectivity index (χ3v) is 9.04. The van der Waals surface area contributed by atoms with Crippen LogP contribution in [0.5, 0.6) is 11.5 Å². The number of benzene rings is 6. The number of pyridine rings is 1. The summed E-state index contributed by atoms with van der Waals surface area (Å²) >= 11 is 0. The molecule has 5 nitrogen and oxygen atoms in total. The summed E-state index contributed by atoms with van der Waals surface area (Å²) in [7, 11) is 0. The second-order valence-electron chi connectivity index (χ2n) is 12.4. The van der Waals surface area contributed by atoms with Crippen LogP contribution in [0.2, 0.25) is 0 Å². The molecule has 0 bridgehead atoms. The van der Waals surface area contributed by atoms with Crippen molar-refractivity contribution in [3.05, 3.63) is 182 Å². The summed E-state index contributed by atoms with van der Waals surface area (Å²) < 4.78 is 24.4. The number of aryl methyl sites for hydroxylation is 1. The summed E-state index contributed by atoms with van der Waals surface area (Å²) in [6.07, 6.45) is 5.42. The van der Waals surface area contributed by atoms with Crippen LogP contribution in [0.4, 0.5) is 4.39 Å². The minimum absolute atomic E-state index is 0. The first kappa shape index (κ1) is 33.1. The fraction of sp³-hybridized carbons (Fsp3) is 0.0222. The molecule has 0 fully saturated rings. The fourth-order valence-corrected chi connectivity index (χ4v) is 6.81. The van der Waals surface area contributed by atoms with Crippen molar-refractivity contribution in [2.24, 2.45) is 0 Å². The van der Waals surface area contributed by atoms with E-state index in [0.717, 1.165) is 60.9 Å². The van der Waals surface area contributed by atoms with Crippen molar-refractivity contribution in [2.45, 2.75) is 6.92 Å². The first-order valence-electron chi connectivity index (χ1n) is 16.7. The minimum Gasteiger partial charge on any atom is -0.509 e. The molecule has 0 saturated carbocycles. The van der Waals surface area contributed by atoms with Gasteiger partial charge in [-0.05, 0) is 57.9 Å². The van der Waals surface area contributed by atoms with E-state index in [9.17, 15) is 4.39 Å². The van der Waals surface area contributed by atoms with Gasteiger partial charge in [-0.1, -0.05) is 96.5 Å². The third kappa shape index (κ3) is 6.12. The van der Waals surface area contributed by atoms with Crippen LogP contribution in [0.25, 0.3) is 66.7 Å². The van der Waals surface area contributed by atoms with E-state index in [1.54, 1.807) is 0 Å². The van der Waals surface area contributed by atoms with Crippen LogP contribution in [-0.2, 0) is 21.1 Å². The molecule has 0 amide bonds. The molecule has 0 spiro atoms. The first-order chi connectivity index (χ1) is 25.1. The zero-order chi connectivity index (χ0) is 34.3. The normalized spacial score (nSPS) is 11.1. The Morgan fingerprint density at radius 2 is 1.35 bits per heavy atom. The van der Waals surface area contributed by atoms with Crippen LogP contribution >= 0.6 is 0 Å². The van der Waals surface area contributed by atoms with Crippen LogP contribution in [0, 0.1) is 24.9 Å². The number of halogens is 1. The molecule has 0 aliphatic rings. The second kappa shape index (κ2) is 13.9. The number of ether oxygens (including phenoxy) is 1. The average Bonchev–Trinajstić information content (AvgIpc) is 3.79. The fourth-order valence-electron chi connectivity index (χ4n) is 6.81. The van der Waals surface area contributed by atoms with E-state index in [1.807, 2.05) is 88.4 Å². The molecular formula is C45H29FN4OPt. The zero-order valence-corrected chi connectivity index (χ0v) is 30.2. The monoisotopic (exact) mass is 855 g/mol. The zero-order valence-electron chi connectivity index (χ0n) is 27.9. The molecule has 0 aliphatic carbocycles. The second-order valence-corrected chi connectivity index (χ2v) is 12.4. The van der Waals surface area contributed by atoms with E-state index in [4.69, 9.17) is 9.84 Å². The molecule has 252 valence electrons. The maximum absolute atomic E-state index is 14.3. The first-order valence-corrected chi connectivity index (χ1v) is 16.7. The largest absolute Gasteiger partial charge is 2.00 e. The van der Waals surface area contributed by atoms with Gasteiger partial charge >= 0.3 is 21.1 Å². The molecule has 3 heterocycles. The van der Waals surface area contributed by atoms with Gasteiger partial charge in [0.05, 0.1) is 6.20 Å². The van der Waals surface area contributed by atoms with Gasteiger partial charge in [0.25, 0.3) is 0 Å². The van der Waals surface area contributed by atoms with Crippen LogP contribution in [0.3, 0.4) is 0 Å². The number of rotatable bonds is 7. The van der Waals surface area contributed by atoms with Crippen LogP contribution in [0.1, 0.15) is 5.56 Å². The maximum Gasteiger partial charge on any atom is 2.00 e. The molecular weight excluding hydrogens is 827 g/mol. The number of aromatic nitrogens is 4. The van der Waals surface area contributed by atoms with E-state index in [2.05, 4.69) is 84.7 Å². The molecule has 0 atom stereocenters. The molecule has 3 aromatic heterocycles. The Kier molecular flexibility index (Phi) is 8.84. The topological polar surface area (TPSA) is 44.9 Å². The molecule has 0 saturated heterocycles. The number of fused-ring (bicyclic) bond motifs is 3. The number of hydrogen-bond donors (Lipinski definition) is 0. The summed E-state index contributed by atoms with van der Waals surface area (Å²) in [4.78, 5) is 4.46. The van der Waals surface area contributed by atoms with Crippen molar-refractivity contribution in [3.8, 4) is 56.4 Å². The van der Waals surface area contributed by atoms with Gasteiger partial charge in [0.15, 0.2) is 0 Å². The van der Waals surface area contributed by atoms with E-state index in [-0.39, 0.29) is 26.9 Å². The molecule has 9 rings (SSSR count). The molecule has 0 aliphatic heterocycles. The number of nitrogens with zero attached hydrogens (tertiary/aromatic N) is 4. The Morgan fingerprint density at radius 1 is 0.654 bits per heavy atom. The van der Waals surface area contributed by atoms with Gasteiger partial charge in [-0.3, -0.25) is 4.68 Å². The number of para-hydroxylation sites is 1. The van der Waals surface area contributed by atoms with Crippen LogP contribution in [-0.4, -0.2) is 19.3 Å². The van der Waals surface area contributed by atoms with Crippen molar-refractivity contribution in [1.29, 1.82) is 0 Å². The summed E-state index contributed by atoms with van der Waals surface area (Å²) in [5, 5.41) is 6.78. The minimum atomic E-state index is -0.360. The molecule has 7 heteroatoms. The van der Waals surface area contributed by atoms with Crippen molar-refractivity contribution < 1.29 is 30.2 Å². The molecule has 0 N–H and O–H groups in total. The average molecular weight is 856 g/mol. The van der Waals surface area contributed by atoms with E-state index in [0.29, 0.717) is 17.3 Å². The predicted octanol–water partition coefficient (Wildman–Crippen LogP) is 11.2. The summed E-state index contributed by atoms with van der Waals surface area (Å²) in [6.45, 7) is 2.14. The van der Waals surface area contributed by atoms with Crippen molar-refractivity contribution in [3.63, 3.8) is 0 Å². The molecule has 6 aromatic carbocycles. The molecule has 0 radical (unpaired) electrons. The SMILES string of the molecule is Cc1cc(-c2ccccc2)c(-c2cnn(-c3[c-]c(Oc4[c-]c5c(cc4)c4ccccc4n5-c4cc(F)ccn4)ccc3)c2)c(-c2ccccc2)c1.[Pt+2]. The quantitative estimate of drug-likeness (QED) is 0.150. The van der Waals surface area contributed by atoms with Gasteiger partial charge in [0, 0.05) is 46.6 Å². The van der Waals surface area contributed by atoms with E-state index < -0.39 is 0 Å². The van der Waals surface area contributed by atoms with Crippen molar-refractivity contribution >= 4 is 21.8 Å². The van der Waals surface area contributed by atoms with Gasteiger partial charge in [-0.25, -0.2) is 9.37 Å². The molecule has 0 unspecified atom stereocenters. The maximum atomic E-state index is 14.3. The molecule has 52 heavy (non-hydrogen) atoms. The third-order valence-electron chi connectivity index (χ3n) is 9.04. The smallest absolute Gasteiger partial charge is 0.509 e. The van der Waals surface area contributed by atoms with E-state index >= 15 is 0 Å². The van der Waals surface area contributed by atoms with Gasteiger partial charge in [0.1, 0.15) is 11.6 Å². The van der Waals surface area contributed by atoms with Gasteiger partial charge in [-0.15, -0.1) is 35.7 Å². The van der Waals surface area contributed by atoms with Gasteiger partial charge in [-0.2, -0.15) is 17.2 Å². The Labute approximate surface area is 314 Å². The van der Waals surface area contributed by atoms with Crippen LogP contribution < -0.4 is 4.74 Å². The Balaban J connectivity index is 0.00000387. The standard InChI is InChI=1S/C45H29FN4O.Pt/c1-30-23-40(31-11-4-2-5-12-31)45(41(24-30)32-13-6-3-7-14-32)33-28-48-49(29-33)35-15-10-16-36(26-35)51-37-19-20-39-38-17-8-9-18-42(38)50(43(39)27-37)44-25-34(46)21-22-47-44;/h2-25,28-29H,1H3;/q-2;+2.